The predicted octanol–water partition coefficient (Wildman–Crippen LogP) is 2.40. The summed E-state index contributed by atoms with van der Waals surface area (Å²) in [5, 5.41) is 0. The molecule has 1 saturated carbocycles. The van der Waals surface area contributed by atoms with E-state index >= 15 is 0 Å². The van der Waals surface area contributed by atoms with Crippen LogP contribution in [-0.2, 0) is 9.53 Å². The largest absolute Gasteiger partial charge is 0.469 e. The van der Waals surface area contributed by atoms with Crippen molar-refractivity contribution < 1.29 is 9.53 Å². The minimum absolute atomic E-state index is 0.00336. The molecule has 1 aliphatic carbocycles. The molecule has 0 amide bonds. The zero-order valence-electron chi connectivity index (χ0n) is 7.38. The summed E-state index contributed by atoms with van der Waals surface area (Å²) in [6.45, 7) is 0. The second-order valence-corrected chi connectivity index (χ2v) is 4.21. The molecule has 0 unspecified atom stereocenters. The summed E-state index contributed by atoms with van der Waals surface area (Å²) in [4.78, 5) is 11.3. The number of ether oxygens (including phenoxy) is 1. The van der Waals surface area contributed by atoms with E-state index in [4.69, 9.17) is 4.74 Å². The van der Waals surface area contributed by atoms with Crippen LogP contribution in [0.1, 0.15) is 25.7 Å². The van der Waals surface area contributed by atoms with E-state index in [1.165, 1.54) is 26.4 Å². The maximum atomic E-state index is 11.3. The van der Waals surface area contributed by atoms with E-state index in [0.717, 1.165) is 10.8 Å². The lowest BCUT2D eigenvalue weighted by atomic mass is 9.80. The zero-order valence-corrected chi connectivity index (χ0v) is 9.54. The van der Waals surface area contributed by atoms with Gasteiger partial charge in [0.05, 0.1) is 13.0 Å². The summed E-state index contributed by atoms with van der Waals surface area (Å²) in [6, 6.07) is 0. The molecule has 0 N–H and O–H groups in total. The molecular weight excluding hydrogens is 267 g/mol. The minimum Gasteiger partial charge on any atom is -0.469 e. The fourth-order valence-electron chi connectivity index (χ4n) is 1.85. The Bertz CT molecular complexity index is 159. The van der Waals surface area contributed by atoms with Crippen molar-refractivity contribution in [2.24, 2.45) is 11.8 Å². The highest BCUT2D eigenvalue weighted by molar-refractivity contribution is 14.1. The molecule has 0 aromatic heterocycles. The molecule has 2 atom stereocenters. The normalized spacial score (nSPS) is 29.8. The van der Waals surface area contributed by atoms with Gasteiger partial charge in [0.25, 0.3) is 0 Å². The number of carbonyl (C=O) groups excluding carboxylic acids is 1. The lowest BCUT2D eigenvalue weighted by Crippen LogP contribution is -2.29. The molecule has 0 aromatic rings. The van der Waals surface area contributed by atoms with Crippen molar-refractivity contribution in [1.82, 2.24) is 0 Å². The van der Waals surface area contributed by atoms with Crippen LogP contribution >= 0.6 is 22.6 Å². The SMILES string of the molecule is COC(=O)[C@H]1CCCC[C@H]1CI. The molecule has 3 heteroatoms. The number of rotatable bonds is 2. The van der Waals surface area contributed by atoms with Gasteiger partial charge in [0.1, 0.15) is 0 Å². The van der Waals surface area contributed by atoms with E-state index in [9.17, 15) is 4.79 Å². The first kappa shape index (κ1) is 10.3. The molecule has 0 aliphatic heterocycles. The zero-order chi connectivity index (χ0) is 8.97. The van der Waals surface area contributed by atoms with Crippen LogP contribution in [0.2, 0.25) is 0 Å². The van der Waals surface area contributed by atoms with E-state index in [0.29, 0.717) is 5.92 Å². The van der Waals surface area contributed by atoms with Crippen LogP contribution in [0.25, 0.3) is 0 Å². The first-order chi connectivity index (χ1) is 5.79. The molecular formula is C9H15IO2. The molecule has 12 heavy (non-hydrogen) atoms. The molecule has 0 bridgehead atoms. The lowest BCUT2D eigenvalue weighted by molar-refractivity contribution is -0.148. The van der Waals surface area contributed by atoms with Crippen molar-refractivity contribution >= 4 is 28.6 Å². The maximum Gasteiger partial charge on any atom is 0.308 e. The summed E-state index contributed by atoms with van der Waals surface area (Å²) in [6.07, 6.45) is 4.69. The van der Waals surface area contributed by atoms with Gasteiger partial charge in [0.2, 0.25) is 0 Å². The highest BCUT2D eigenvalue weighted by atomic mass is 127. The summed E-state index contributed by atoms with van der Waals surface area (Å²) >= 11 is 2.36. The van der Waals surface area contributed by atoms with Crippen LogP contribution in [0.15, 0.2) is 0 Å². The van der Waals surface area contributed by atoms with Crippen molar-refractivity contribution in [2.45, 2.75) is 25.7 Å². The fraction of sp³-hybridized carbons (Fsp3) is 0.889. The third-order valence-corrected chi connectivity index (χ3v) is 3.74. The third-order valence-electron chi connectivity index (χ3n) is 2.61. The topological polar surface area (TPSA) is 26.3 Å². The Morgan fingerprint density at radius 2 is 2.17 bits per heavy atom. The second-order valence-electron chi connectivity index (χ2n) is 3.33. The molecule has 70 valence electrons. The second kappa shape index (κ2) is 5.04. The molecule has 1 aliphatic rings. The number of carbonyl (C=O) groups is 1. The Balaban J connectivity index is 2.52. The third kappa shape index (κ3) is 2.34. The highest BCUT2D eigenvalue weighted by Gasteiger charge is 2.30. The number of esters is 1. The van der Waals surface area contributed by atoms with Gasteiger partial charge < -0.3 is 4.74 Å². The first-order valence-corrected chi connectivity index (χ1v) is 5.96. The molecule has 0 spiro atoms. The number of halogens is 1. The van der Waals surface area contributed by atoms with E-state index in [1.54, 1.807) is 0 Å². The molecule has 0 heterocycles. The minimum atomic E-state index is -0.00336. The lowest BCUT2D eigenvalue weighted by Gasteiger charge is -2.27. The van der Waals surface area contributed by atoms with Gasteiger partial charge in [-0.3, -0.25) is 4.79 Å². The summed E-state index contributed by atoms with van der Waals surface area (Å²) in [5.41, 5.74) is 0. The van der Waals surface area contributed by atoms with Gasteiger partial charge in [-0.2, -0.15) is 0 Å². The van der Waals surface area contributed by atoms with Crippen LogP contribution in [-0.4, -0.2) is 17.5 Å². The van der Waals surface area contributed by atoms with Crippen molar-refractivity contribution in [3.63, 3.8) is 0 Å². The van der Waals surface area contributed by atoms with Crippen LogP contribution < -0.4 is 0 Å². The number of hydrogen-bond donors (Lipinski definition) is 0. The molecule has 2 nitrogen and oxygen atoms in total. The Morgan fingerprint density at radius 3 is 2.75 bits per heavy atom. The standard InChI is InChI=1S/C9H15IO2/c1-12-9(11)8-5-3-2-4-7(8)6-10/h7-8H,2-6H2,1H3/t7-,8-/m0/s1. The van der Waals surface area contributed by atoms with E-state index < -0.39 is 0 Å². The van der Waals surface area contributed by atoms with Gasteiger partial charge in [0, 0.05) is 4.43 Å². The molecule has 0 aromatic carbocycles. The summed E-state index contributed by atoms with van der Waals surface area (Å²) < 4.78 is 5.86. The average Bonchev–Trinajstić information content (AvgIpc) is 2.16. The van der Waals surface area contributed by atoms with Crippen LogP contribution in [0.3, 0.4) is 0 Å². The van der Waals surface area contributed by atoms with Gasteiger partial charge >= 0.3 is 5.97 Å². The van der Waals surface area contributed by atoms with Crippen molar-refractivity contribution in [2.75, 3.05) is 11.5 Å². The highest BCUT2D eigenvalue weighted by Crippen LogP contribution is 2.31. The van der Waals surface area contributed by atoms with Crippen molar-refractivity contribution in [3.05, 3.63) is 0 Å². The average molecular weight is 282 g/mol. The maximum absolute atomic E-state index is 11.3. The van der Waals surface area contributed by atoms with Crippen LogP contribution in [0.4, 0.5) is 0 Å². The van der Waals surface area contributed by atoms with Gasteiger partial charge in [-0.15, -0.1) is 0 Å². The quantitative estimate of drug-likeness (QED) is 0.441. The monoisotopic (exact) mass is 282 g/mol. The molecule has 0 radical (unpaired) electrons. The Hall–Kier alpha value is 0.200. The van der Waals surface area contributed by atoms with Gasteiger partial charge in [0.15, 0.2) is 0 Å². The number of hydrogen-bond acceptors (Lipinski definition) is 2. The summed E-state index contributed by atoms with van der Waals surface area (Å²) in [7, 11) is 1.49. The van der Waals surface area contributed by atoms with E-state index in [-0.39, 0.29) is 11.9 Å². The first-order valence-electron chi connectivity index (χ1n) is 4.43. The number of alkyl halides is 1. The van der Waals surface area contributed by atoms with E-state index in [2.05, 4.69) is 22.6 Å². The van der Waals surface area contributed by atoms with Crippen LogP contribution in [0.5, 0.6) is 0 Å². The van der Waals surface area contributed by atoms with Crippen molar-refractivity contribution in [1.29, 1.82) is 0 Å². The number of methoxy groups -OCH3 is 1. The Morgan fingerprint density at radius 1 is 1.50 bits per heavy atom. The van der Waals surface area contributed by atoms with Crippen LogP contribution in [0, 0.1) is 11.8 Å². The van der Waals surface area contributed by atoms with Gasteiger partial charge in [-0.25, -0.2) is 0 Å². The van der Waals surface area contributed by atoms with E-state index in [1.807, 2.05) is 0 Å². The fourth-order valence-corrected chi connectivity index (χ4v) is 2.91. The molecule has 1 fully saturated rings. The predicted molar refractivity (Wildman–Crippen MR) is 56.4 cm³/mol. The van der Waals surface area contributed by atoms with Gasteiger partial charge in [-0.1, -0.05) is 35.4 Å². The molecule has 1 rings (SSSR count). The van der Waals surface area contributed by atoms with Gasteiger partial charge in [-0.05, 0) is 18.8 Å². The Labute approximate surface area is 87.2 Å². The van der Waals surface area contributed by atoms with Crippen molar-refractivity contribution in [3.8, 4) is 0 Å². The smallest absolute Gasteiger partial charge is 0.308 e. The molecule has 0 saturated heterocycles. The summed E-state index contributed by atoms with van der Waals surface area (Å²) in [5.74, 6) is 0.740. The Kier molecular flexibility index (Phi) is 4.32.